The molecule has 3 aromatic rings. The van der Waals surface area contributed by atoms with Crippen molar-refractivity contribution in [3.8, 4) is 0 Å². The highest BCUT2D eigenvalue weighted by atomic mass is 32.1. The summed E-state index contributed by atoms with van der Waals surface area (Å²) in [6.45, 7) is 11.1. The molecule has 2 aliphatic rings. The van der Waals surface area contributed by atoms with E-state index >= 15 is 0 Å². The number of nitrogens with one attached hydrogen (secondary N) is 1. The van der Waals surface area contributed by atoms with Gasteiger partial charge >= 0.3 is 0 Å². The number of nitrogens with zero attached hydrogens (tertiary/aromatic N) is 5. The molecule has 0 spiro atoms. The topological polar surface area (TPSA) is 135 Å². The summed E-state index contributed by atoms with van der Waals surface area (Å²) in [5.74, 6) is -0.397. The van der Waals surface area contributed by atoms with E-state index < -0.39 is 11.3 Å². The Hall–Kier alpha value is -3.61. The SMILES string of the molecule is C=Cc1sc2c(C(=O)NCCN3CCOCC3)c(=O)c3cnc(N4CCC(C(N)=O)CC4)nc3n2c1/C=C\C. The molecule has 3 N–H and O–H groups in total. The van der Waals surface area contributed by atoms with Gasteiger partial charge in [-0.3, -0.25) is 23.7 Å². The first-order valence-corrected chi connectivity index (χ1v) is 14.0. The van der Waals surface area contributed by atoms with Crippen LogP contribution in [-0.2, 0) is 9.53 Å². The Kier molecular flexibility index (Phi) is 8.05. The summed E-state index contributed by atoms with van der Waals surface area (Å²) in [7, 11) is 0. The molecular formula is C27H33N7O4S. The fraction of sp³-hybridized carbons (Fsp3) is 0.444. The Morgan fingerprint density at radius 2 is 2.00 bits per heavy atom. The van der Waals surface area contributed by atoms with Crippen molar-refractivity contribution in [3.05, 3.63) is 45.2 Å². The van der Waals surface area contributed by atoms with Gasteiger partial charge in [-0.15, -0.1) is 11.3 Å². The number of allylic oxidation sites excluding steroid dienone is 1. The number of carbonyl (C=O) groups is 2. The van der Waals surface area contributed by atoms with Gasteiger partial charge in [0.15, 0.2) is 5.65 Å². The summed E-state index contributed by atoms with van der Waals surface area (Å²) in [5.41, 5.74) is 6.38. The van der Waals surface area contributed by atoms with Gasteiger partial charge in [0.05, 0.1) is 29.2 Å². The Bertz CT molecular complexity index is 1500. The molecule has 0 bridgehead atoms. The third-order valence-corrected chi connectivity index (χ3v) is 8.47. The summed E-state index contributed by atoms with van der Waals surface area (Å²) >= 11 is 1.33. The van der Waals surface area contributed by atoms with Crippen LogP contribution in [0.1, 0.15) is 40.7 Å². The Morgan fingerprint density at radius 1 is 1.26 bits per heavy atom. The largest absolute Gasteiger partial charge is 0.379 e. The van der Waals surface area contributed by atoms with E-state index in [9.17, 15) is 14.4 Å². The molecule has 206 valence electrons. The molecule has 0 saturated carbocycles. The molecule has 39 heavy (non-hydrogen) atoms. The lowest BCUT2D eigenvalue weighted by atomic mass is 9.96. The van der Waals surface area contributed by atoms with Crippen LogP contribution >= 0.6 is 11.3 Å². The smallest absolute Gasteiger partial charge is 0.258 e. The van der Waals surface area contributed by atoms with Crippen LogP contribution in [-0.4, -0.2) is 83.6 Å². The monoisotopic (exact) mass is 551 g/mol. The van der Waals surface area contributed by atoms with Gasteiger partial charge in [-0.2, -0.15) is 4.98 Å². The number of primary amides is 1. The lowest BCUT2D eigenvalue weighted by Crippen LogP contribution is -2.42. The molecule has 12 heteroatoms. The average Bonchev–Trinajstić information content (AvgIpc) is 3.31. The third-order valence-electron chi connectivity index (χ3n) is 7.29. The van der Waals surface area contributed by atoms with Crippen molar-refractivity contribution in [2.45, 2.75) is 19.8 Å². The van der Waals surface area contributed by atoms with Gasteiger partial charge in [0.2, 0.25) is 17.3 Å². The van der Waals surface area contributed by atoms with Gasteiger partial charge in [0.25, 0.3) is 5.91 Å². The van der Waals surface area contributed by atoms with E-state index in [-0.39, 0.29) is 22.8 Å². The van der Waals surface area contributed by atoms with Gasteiger partial charge in [-0.1, -0.05) is 12.7 Å². The van der Waals surface area contributed by atoms with E-state index in [4.69, 9.17) is 15.5 Å². The fourth-order valence-electron chi connectivity index (χ4n) is 5.14. The van der Waals surface area contributed by atoms with Crippen LogP contribution in [0, 0.1) is 5.92 Å². The number of amides is 2. The number of fused-ring (bicyclic) bond motifs is 3. The number of pyridine rings is 1. The number of ether oxygens (including phenoxy) is 1. The van der Waals surface area contributed by atoms with E-state index in [0.717, 1.165) is 23.7 Å². The molecule has 3 aromatic heterocycles. The molecule has 0 aromatic carbocycles. The molecule has 2 amide bonds. The van der Waals surface area contributed by atoms with Crippen LogP contribution in [0.4, 0.5) is 5.95 Å². The molecule has 5 heterocycles. The normalized spacial score (nSPS) is 17.3. The molecule has 2 aliphatic heterocycles. The number of hydrogen-bond acceptors (Lipinski definition) is 9. The van der Waals surface area contributed by atoms with Gasteiger partial charge in [0, 0.05) is 51.4 Å². The second-order valence-corrected chi connectivity index (χ2v) is 10.7. The molecule has 0 atom stereocenters. The first-order valence-electron chi connectivity index (χ1n) is 13.2. The van der Waals surface area contributed by atoms with E-state index in [1.54, 1.807) is 6.08 Å². The van der Waals surface area contributed by atoms with Gasteiger partial charge in [-0.05, 0) is 31.9 Å². The van der Waals surface area contributed by atoms with E-state index in [2.05, 4.69) is 21.8 Å². The highest BCUT2D eigenvalue weighted by Gasteiger charge is 2.27. The van der Waals surface area contributed by atoms with Crippen LogP contribution in [0.25, 0.3) is 28.0 Å². The molecule has 0 aliphatic carbocycles. The molecule has 2 saturated heterocycles. The van der Waals surface area contributed by atoms with Crippen molar-refractivity contribution in [2.24, 2.45) is 11.7 Å². The molecule has 5 rings (SSSR count). The maximum atomic E-state index is 13.7. The second kappa shape index (κ2) is 11.6. The first kappa shape index (κ1) is 27.0. The quantitative estimate of drug-likeness (QED) is 0.432. The van der Waals surface area contributed by atoms with Crippen molar-refractivity contribution in [2.75, 3.05) is 57.4 Å². The highest BCUT2D eigenvalue weighted by molar-refractivity contribution is 7.19. The number of aromatic nitrogens is 3. The number of thiazole rings is 1. The average molecular weight is 552 g/mol. The minimum atomic E-state index is -0.422. The zero-order valence-electron chi connectivity index (χ0n) is 22.0. The van der Waals surface area contributed by atoms with Crippen LogP contribution in [0.2, 0.25) is 0 Å². The highest BCUT2D eigenvalue weighted by Crippen LogP contribution is 2.31. The first-order chi connectivity index (χ1) is 18.9. The molecule has 11 nitrogen and oxygen atoms in total. The minimum Gasteiger partial charge on any atom is -0.379 e. The van der Waals surface area contributed by atoms with Crippen molar-refractivity contribution in [3.63, 3.8) is 0 Å². The Labute approximate surface area is 230 Å². The van der Waals surface area contributed by atoms with Crippen molar-refractivity contribution >= 4 is 57.1 Å². The number of carbonyl (C=O) groups excluding carboxylic acids is 2. The van der Waals surface area contributed by atoms with Crippen molar-refractivity contribution in [1.29, 1.82) is 0 Å². The van der Waals surface area contributed by atoms with Crippen LogP contribution < -0.4 is 21.4 Å². The molecular weight excluding hydrogens is 518 g/mol. The maximum absolute atomic E-state index is 13.7. The lowest BCUT2D eigenvalue weighted by molar-refractivity contribution is -0.122. The zero-order chi connectivity index (χ0) is 27.5. The number of nitrogens with two attached hydrogens (primary N) is 1. The minimum absolute atomic E-state index is 0.0759. The number of anilines is 1. The van der Waals surface area contributed by atoms with E-state index in [1.807, 2.05) is 28.4 Å². The summed E-state index contributed by atoms with van der Waals surface area (Å²) in [5, 5.41) is 3.20. The predicted octanol–water partition coefficient (Wildman–Crippen LogP) is 1.74. The third kappa shape index (κ3) is 5.32. The van der Waals surface area contributed by atoms with Crippen LogP contribution in [0.3, 0.4) is 0 Å². The molecule has 2 fully saturated rings. The zero-order valence-corrected chi connectivity index (χ0v) is 22.8. The number of piperidine rings is 1. The second-order valence-electron chi connectivity index (χ2n) is 9.68. The van der Waals surface area contributed by atoms with Crippen LogP contribution in [0.5, 0.6) is 0 Å². The lowest BCUT2D eigenvalue weighted by Gasteiger charge is -2.30. The van der Waals surface area contributed by atoms with Gasteiger partial charge in [-0.25, -0.2) is 4.98 Å². The van der Waals surface area contributed by atoms with E-state index in [1.165, 1.54) is 17.5 Å². The Balaban J connectivity index is 1.56. The summed E-state index contributed by atoms with van der Waals surface area (Å²) < 4.78 is 7.25. The number of hydrogen-bond donors (Lipinski definition) is 2. The Morgan fingerprint density at radius 3 is 2.67 bits per heavy atom. The molecule has 0 unspecified atom stereocenters. The maximum Gasteiger partial charge on any atom is 0.258 e. The van der Waals surface area contributed by atoms with Crippen molar-refractivity contribution in [1.82, 2.24) is 24.6 Å². The van der Waals surface area contributed by atoms with E-state index in [0.29, 0.717) is 68.7 Å². The van der Waals surface area contributed by atoms with Crippen molar-refractivity contribution < 1.29 is 14.3 Å². The fourth-order valence-corrected chi connectivity index (χ4v) is 6.26. The molecule has 0 radical (unpaired) electrons. The van der Waals surface area contributed by atoms with Gasteiger partial charge in [0.1, 0.15) is 10.4 Å². The van der Waals surface area contributed by atoms with Crippen LogP contribution in [0.15, 0.2) is 23.6 Å². The number of rotatable bonds is 8. The summed E-state index contributed by atoms with van der Waals surface area (Å²) in [4.78, 5) is 53.6. The standard InChI is InChI=1S/C27H33N7O4S/c1-3-5-19-20(4-2)39-26-21(25(37)29-8-11-32-12-14-38-15-13-32)22(35)18-16-30-27(31-24(18)34(19)26)33-9-6-17(7-10-33)23(28)36/h3-5,16-17H,2,6-15H2,1H3,(H2,28,36)(H,29,37)/b5-3-. The summed E-state index contributed by atoms with van der Waals surface area (Å²) in [6, 6.07) is 0. The van der Waals surface area contributed by atoms with Gasteiger partial charge < -0.3 is 20.7 Å². The summed E-state index contributed by atoms with van der Waals surface area (Å²) in [6.07, 6.45) is 8.29. The predicted molar refractivity (Wildman–Crippen MR) is 153 cm³/mol. The number of morpholine rings is 1.